The van der Waals surface area contributed by atoms with Crippen LogP contribution in [-0.2, 0) is 4.74 Å². The van der Waals surface area contributed by atoms with Gasteiger partial charge in [-0.25, -0.2) is 4.79 Å². The fraction of sp³-hybridized carbons (Fsp3) is 0.222. The molecule has 0 aliphatic heterocycles. The van der Waals surface area contributed by atoms with Crippen LogP contribution in [0.2, 0.25) is 0 Å². The minimum atomic E-state index is -0.512. The maximum absolute atomic E-state index is 12.1. The van der Waals surface area contributed by atoms with Crippen molar-refractivity contribution in [2.24, 2.45) is 0 Å². The fourth-order valence-corrected chi connectivity index (χ4v) is 2.50. The summed E-state index contributed by atoms with van der Waals surface area (Å²) in [5, 5.41) is 6.42. The van der Waals surface area contributed by atoms with Crippen LogP contribution < -0.4 is 20.1 Å². The van der Waals surface area contributed by atoms with Gasteiger partial charge in [0, 0.05) is 17.8 Å². The van der Waals surface area contributed by atoms with Gasteiger partial charge in [-0.15, -0.1) is 0 Å². The van der Waals surface area contributed by atoms with Gasteiger partial charge in [0.05, 0.1) is 32.6 Å². The van der Waals surface area contributed by atoms with Gasteiger partial charge < -0.3 is 24.8 Å². The van der Waals surface area contributed by atoms with E-state index in [9.17, 15) is 4.79 Å². The number of carbonyl (C=O) groups is 1. The van der Waals surface area contributed by atoms with E-state index in [-0.39, 0.29) is 5.56 Å². The number of thiocarbonyl (C=S) groups is 1. The SMILES string of the molecule is COC(=O)c1cc(OC)c(OC)cc1NC(=S)Nc1cccc(C)c1. The molecule has 0 bridgehead atoms. The molecule has 6 nitrogen and oxygen atoms in total. The van der Waals surface area contributed by atoms with Gasteiger partial charge in [0.1, 0.15) is 0 Å². The number of anilines is 2. The Hall–Kier alpha value is -2.80. The maximum atomic E-state index is 12.1. The predicted octanol–water partition coefficient (Wildman–Crippen LogP) is 3.61. The first-order valence-corrected chi connectivity index (χ1v) is 7.88. The summed E-state index contributed by atoms with van der Waals surface area (Å²) < 4.78 is 15.3. The van der Waals surface area contributed by atoms with E-state index in [1.165, 1.54) is 21.3 Å². The number of hydrogen-bond donors (Lipinski definition) is 2. The average molecular weight is 360 g/mol. The molecule has 0 heterocycles. The first-order valence-electron chi connectivity index (χ1n) is 7.47. The molecule has 0 aliphatic rings. The Kier molecular flexibility index (Phi) is 6.19. The summed E-state index contributed by atoms with van der Waals surface area (Å²) in [6, 6.07) is 11.0. The van der Waals surface area contributed by atoms with Crippen LogP contribution >= 0.6 is 12.2 Å². The zero-order valence-corrected chi connectivity index (χ0v) is 15.3. The minimum Gasteiger partial charge on any atom is -0.493 e. The average Bonchev–Trinajstić information content (AvgIpc) is 2.60. The Labute approximate surface area is 152 Å². The number of carbonyl (C=O) groups excluding carboxylic acids is 1. The molecule has 0 amide bonds. The molecule has 7 heteroatoms. The Morgan fingerprint density at radius 3 is 2.28 bits per heavy atom. The molecule has 2 aromatic rings. The van der Waals surface area contributed by atoms with E-state index >= 15 is 0 Å². The zero-order valence-electron chi connectivity index (χ0n) is 14.5. The van der Waals surface area contributed by atoms with Gasteiger partial charge in [-0.3, -0.25) is 0 Å². The fourth-order valence-electron chi connectivity index (χ4n) is 2.27. The van der Waals surface area contributed by atoms with Crippen molar-refractivity contribution < 1.29 is 19.0 Å². The molecule has 0 atom stereocenters. The number of ether oxygens (including phenoxy) is 3. The van der Waals surface area contributed by atoms with Gasteiger partial charge in [-0.05, 0) is 36.8 Å². The quantitative estimate of drug-likeness (QED) is 0.623. The maximum Gasteiger partial charge on any atom is 0.340 e. The Bertz CT molecular complexity index is 793. The molecule has 2 rings (SSSR count). The number of benzene rings is 2. The smallest absolute Gasteiger partial charge is 0.340 e. The highest BCUT2D eigenvalue weighted by Crippen LogP contribution is 2.33. The van der Waals surface area contributed by atoms with E-state index in [4.69, 9.17) is 26.4 Å². The molecule has 0 fully saturated rings. The number of nitrogens with one attached hydrogen (secondary N) is 2. The van der Waals surface area contributed by atoms with Crippen molar-refractivity contribution in [1.82, 2.24) is 0 Å². The summed E-state index contributed by atoms with van der Waals surface area (Å²) >= 11 is 5.34. The van der Waals surface area contributed by atoms with Crippen molar-refractivity contribution in [3.8, 4) is 11.5 Å². The highest BCUT2D eigenvalue weighted by Gasteiger charge is 2.18. The Morgan fingerprint density at radius 2 is 1.68 bits per heavy atom. The first kappa shape index (κ1) is 18.5. The number of hydrogen-bond acceptors (Lipinski definition) is 5. The van der Waals surface area contributed by atoms with Gasteiger partial charge >= 0.3 is 5.97 Å². The Balaban J connectivity index is 2.30. The van der Waals surface area contributed by atoms with Gasteiger partial charge in [0.25, 0.3) is 0 Å². The third-order valence-electron chi connectivity index (χ3n) is 3.45. The summed E-state index contributed by atoms with van der Waals surface area (Å²) in [6.45, 7) is 1.99. The second-order valence-corrected chi connectivity index (χ2v) is 5.60. The third-order valence-corrected chi connectivity index (χ3v) is 3.66. The van der Waals surface area contributed by atoms with Crippen molar-refractivity contribution in [3.63, 3.8) is 0 Å². The first-order chi connectivity index (χ1) is 12.0. The molecule has 0 aromatic heterocycles. The van der Waals surface area contributed by atoms with E-state index < -0.39 is 5.97 Å². The molecule has 25 heavy (non-hydrogen) atoms. The van der Waals surface area contributed by atoms with E-state index in [0.717, 1.165) is 11.3 Å². The summed E-state index contributed by atoms with van der Waals surface area (Å²) in [5.74, 6) is 0.379. The predicted molar refractivity (Wildman–Crippen MR) is 102 cm³/mol. The van der Waals surface area contributed by atoms with Crippen LogP contribution in [0.25, 0.3) is 0 Å². The van der Waals surface area contributed by atoms with Gasteiger partial charge in [-0.1, -0.05) is 12.1 Å². The minimum absolute atomic E-state index is 0.286. The number of esters is 1. The lowest BCUT2D eigenvalue weighted by molar-refractivity contribution is 0.0601. The molecule has 132 valence electrons. The number of aryl methyl sites for hydroxylation is 1. The highest BCUT2D eigenvalue weighted by molar-refractivity contribution is 7.80. The monoisotopic (exact) mass is 360 g/mol. The van der Waals surface area contributed by atoms with Crippen LogP contribution in [0.5, 0.6) is 11.5 Å². The molecule has 0 aliphatic carbocycles. The molecular weight excluding hydrogens is 340 g/mol. The van der Waals surface area contributed by atoms with Gasteiger partial charge in [0.2, 0.25) is 0 Å². The molecule has 2 N–H and O–H groups in total. The molecule has 0 spiro atoms. The number of rotatable bonds is 5. The lowest BCUT2D eigenvalue weighted by atomic mass is 10.1. The second-order valence-electron chi connectivity index (χ2n) is 5.19. The zero-order chi connectivity index (χ0) is 18.4. The summed E-state index contributed by atoms with van der Waals surface area (Å²) in [4.78, 5) is 12.1. The molecule has 2 aromatic carbocycles. The molecule has 0 radical (unpaired) electrons. The van der Waals surface area contributed by atoms with Gasteiger partial charge in [0.15, 0.2) is 16.6 Å². The van der Waals surface area contributed by atoms with Crippen LogP contribution in [0.3, 0.4) is 0 Å². The van der Waals surface area contributed by atoms with Gasteiger partial charge in [-0.2, -0.15) is 0 Å². The van der Waals surface area contributed by atoms with E-state index in [0.29, 0.717) is 22.3 Å². The van der Waals surface area contributed by atoms with Crippen molar-refractivity contribution in [2.45, 2.75) is 6.92 Å². The van der Waals surface area contributed by atoms with Crippen LogP contribution in [0.4, 0.5) is 11.4 Å². The van der Waals surface area contributed by atoms with Crippen molar-refractivity contribution in [1.29, 1.82) is 0 Å². The van der Waals surface area contributed by atoms with E-state index in [2.05, 4.69) is 10.6 Å². The van der Waals surface area contributed by atoms with Crippen LogP contribution in [0.15, 0.2) is 36.4 Å². The summed E-state index contributed by atoms with van der Waals surface area (Å²) in [6.07, 6.45) is 0. The number of methoxy groups -OCH3 is 3. The van der Waals surface area contributed by atoms with Crippen LogP contribution in [0.1, 0.15) is 15.9 Å². The van der Waals surface area contributed by atoms with Crippen LogP contribution in [0, 0.1) is 6.92 Å². The van der Waals surface area contributed by atoms with E-state index in [1.807, 2.05) is 31.2 Å². The molecule has 0 unspecified atom stereocenters. The van der Waals surface area contributed by atoms with Crippen molar-refractivity contribution >= 4 is 34.7 Å². The standard InChI is InChI=1S/C18H20N2O4S/c1-11-6-5-7-12(8-11)19-18(25)20-14-10-16(23-3)15(22-2)9-13(14)17(21)24-4/h5-10H,1-4H3,(H2,19,20,25). The highest BCUT2D eigenvalue weighted by atomic mass is 32.1. The lowest BCUT2D eigenvalue weighted by Gasteiger charge is -2.16. The third kappa shape index (κ3) is 4.60. The Morgan fingerprint density at radius 1 is 1.00 bits per heavy atom. The topological polar surface area (TPSA) is 68.8 Å². The second kappa shape index (κ2) is 8.34. The largest absolute Gasteiger partial charge is 0.493 e. The summed E-state index contributed by atoms with van der Waals surface area (Å²) in [7, 11) is 4.32. The molecule has 0 saturated heterocycles. The lowest BCUT2D eigenvalue weighted by Crippen LogP contribution is -2.21. The molecule has 0 saturated carbocycles. The normalized spacial score (nSPS) is 9.92. The molecular formula is C18H20N2O4S. The van der Waals surface area contributed by atoms with Crippen molar-refractivity contribution in [3.05, 3.63) is 47.5 Å². The van der Waals surface area contributed by atoms with Crippen LogP contribution in [-0.4, -0.2) is 32.4 Å². The van der Waals surface area contributed by atoms with Crippen molar-refractivity contribution in [2.75, 3.05) is 32.0 Å². The van der Waals surface area contributed by atoms with E-state index in [1.54, 1.807) is 12.1 Å². The summed E-state index contributed by atoms with van der Waals surface area (Å²) in [5.41, 5.74) is 2.69.